The molecule has 0 aliphatic heterocycles. The number of aromatic carboxylic acids is 1. The molecule has 4 heterocycles. The van der Waals surface area contributed by atoms with Crippen LogP contribution in [0.5, 0.6) is 5.75 Å². The van der Waals surface area contributed by atoms with Gasteiger partial charge in [-0.05, 0) is 106 Å². The maximum atomic E-state index is 12.6. The molecule has 5 aromatic carbocycles. The van der Waals surface area contributed by atoms with Crippen molar-refractivity contribution in [2.75, 3.05) is 23.1 Å². The molecule has 8 N–H and O–H groups in total. The average Bonchev–Trinajstić information content (AvgIpc) is 4.15. The van der Waals surface area contributed by atoms with Gasteiger partial charge < -0.3 is 25.5 Å². The molecule has 9 rings (SSSR count). The van der Waals surface area contributed by atoms with Crippen LogP contribution in [0.15, 0.2) is 108 Å². The van der Waals surface area contributed by atoms with E-state index in [2.05, 4.69) is 40.5 Å². The van der Waals surface area contributed by atoms with E-state index in [4.69, 9.17) is 31.5 Å². The zero-order chi connectivity index (χ0) is 58.9. The van der Waals surface area contributed by atoms with Crippen LogP contribution in [0, 0.1) is 5.53 Å². The van der Waals surface area contributed by atoms with Crippen LogP contribution in [0.3, 0.4) is 0 Å². The van der Waals surface area contributed by atoms with Gasteiger partial charge in [-0.1, -0.05) is 18.2 Å². The summed E-state index contributed by atoms with van der Waals surface area (Å²) < 4.78 is 171. The van der Waals surface area contributed by atoms with E-state index in [-0.39, 0.29) is 33.7 Å². The minimum atomic E-state index is -4.49. The van der Waals surface area contributed by atoms with E-state index < -0.39 is 69.9 Å². The second-order valence-electron chi connectivity index (χ2n) is 16.3. The molecule has 0 spiro atoms. The molecule has 0 saturated carbocycles. The van der Waals surface area contributed by atoms with Crippen molar-refractivity contribution in [3.63, 3.8) is 0 Å². The van der Waals surface area contributed by atoms with Crippen molar-refractivity contribution in [1.29, 1.82) is 5.53 Å². The molecule has 0 radical (unpaired) electrons. The normalized spacial score (nSPS) is 12.3. The highest BCUT2D eigenvalue weighted by atomic mass is 35.5. The summed E-state index contributed by atoms with van der Waals surface area (Å²) in [5.74, 6) is 4.43. The van der Waals surface area contributed by atoms with Crippen molar-refractivity contribution >= 4 is 135 Å². The second-order valence-corrected chi connectivity index (χ2v) is 22.4. The smallest absolute Gasteiger partial charge is 0.443 e. The molecular formula is C45H38ClF12N11O6PS4+. The van der Waals surface area contributed by atoms with Gasteiger partial charge in [-0.15, -0.1) is 57.8 Å². The van der Waals surface area contributed by atoms with E-state index in [9.17, 15) is 66.8 Å². The molecule has 0 aliphatic rings. The predicted octanol–water partition coefficient (Wildman–Crippen LogP) is 16.0. The number of carboxylic acids is 1. The van der Waals surface area contributed by atoms with Crippen molar-refractivity contribution in [2.45, 2.75) is 51.1 Å². The number of amides is 1. The van der Waals surface area contributed by atoms with Crippen LogP contribution < -0.4 is 31.8 Å². The van der Waals surface area contributed by atoms with E-state index in [1.54, 1.807) is 51.1 Å². The molecule has 0 bridgehead atoms. The number of anilines is 3. The molecule has 0 fully saturated rings. The number of ether oxygens (including phenoxy) is 1. The molecule has 0 saturated heterocycles. The summed E-state index contributed by atoms with van der Waals surface area (Å²) in [5, 5.41) is 7.59. The van der Waals surface area contributed by atoms with Crippen LogP contribution in [0.4, 0.5) is 74.5 Å². The van der Waals surface area contributed by atoms with Crippen molar-refractivity contribution in [3.05, 3.63) is 129 Å². The van der Waals surface area contributed by atoms with E-state index in [0.29, 0.717) is 93.3 Å². The van der Waals surface area contributed by atoms with E-state index >= 15 is 0 Å². The van der Waals surface area contributed by atoms with Gasteiger partial charge in [0.2, 0.25) is 9.80 Å². The Bertz CT molecular complexity index is 3700. The maximum Gasteiger partial charge on any atom is 0.443 e. The molecule has 0 aliphatic carbocycles. The number of hydrogen-bond donors (Lipinski definition) is 6. The molecule has 80 heavy (non-hydrogen) atoms. The van der Waals surface area contributed by atoms with Crippen LogP contribution >= 0.6 is 65.3 Å². The van der Waals surface area contributed by atoms with E-state index in [1.165, 1.54) is 73.4 Å². The number of carboxylic acid groups (broad SMARTS) is 1. The third-order valence-corrected chi connectivity index (χ3v) is 14.0. The predicted molar refractivity (Wildman–Crippen MR) is 283 cm³/mol. The highest BCUT2D eigenvalue weighted by Gasteiger charge is 2.37. The fourth-order valence-electron chi connectivity index (χ4n) is 5.70. The molecule has 9 aromatic rings. The number of alkyl halides is 12. The van der Waals surface area contributed by atoms with Gasteiger partial charge in [-0.25, -0.2) is 34.1 Å². The first-order valence-electron chi connectivity index (χ1n) is 21.3. The molecule has 1 atom stereocenters. The van der Waals surface area contributed by atoms with Crippen LogP contribution in [-0.2, 0) is 34.0 Å². The Morgan fingerprint density at radius 2 is 1.01 bits per heavy atom. The fraction of sp³-hybridized carbons (Fsp3) is 0.200. The SMILES string of the molecule is CC(C)(C)OC(=O)Nc1ccc2nc(C(F)(F)F)sc2c1.CP(=O)(N=[N+]=N)Oc1ccccc1.Cl.NNc1ccc2nc(C(F)(F)F)sc2c1.Nc1ccc2nc(C(F)(F)F)sc2c1.O=C(O)c1ccc2nc(C(F)(F)F)sc2c1. The first-order chi connectivity index (χ1) is 36.5. The minimum Gasteiger partial charge on any atom is -0.478 e. The summed E-state index contributed by atoms with van der Waals surface area (Å²) in [6.07, 6.45) is -18.4. The van der Waals surface area contributed by atoms with Crippen LogP contribution in [0.1, 0.15) is 51.2 Å². The maximum absolute atomic E-state index is 12.6. The summed E-state index contributed by atoms with van der Waals surface area (Å²) in [6.45, 7) is 6.45. The Morgan fingerprint density at radius 3 is 1.41 bits per heavy atom. The summed E-state index contributed by atoms with van der Waals surface area (Å²) in [4.78, 5) is 41.9. The van der Waals surface area contributed by atoms with Gasteiger partial charge in [-0.2, -0.15) is 52.7 Å². The fourth-order valence-corrected chi connectivity index (χ4v) is 9.91. The molecule has 35 heteroatoms. The summed E-state index contributed by atoms with van der Waals surface area (Å²) >= 11 is 2.17. The lowest BCUT2D eigenvalue weighted by atomic mass is 10.2. The number of hydrogen-bond acceptors (Lipinski definition) is 17. The summed E-state index contributed by atoms with van der Waals surface area (Å²) in [6, 6.07) is 25.8. The quantitative estimate of drug-likeness (QED) is 0.0172. The number of carbonyl (C=O) groups is 2. The lowest BCUT2D eigenvalue weighted by Crippen LogP contribution is -2.27. The van der Waals surface area contributed by atoms with Gasteiger partial charge in [0.25, 0.3) is 0 Å². The Kier molecular flexibility index (Phi) is 21.5. The van der Waals surface area contributed by atoms with E-state index in [0.717, 1.165) is 0 Å². The highest BCUT2D eigenvalue weighted by Crippen LogP contribution is 2.44. The number of aromatic nitrogens is 4. The number of hydrazine groups is 1. The molecule has 4 aromatic heterocycles. The zero-order valence-electron chi connectivity index (χ0n) is 40.7. The molecule has 1 amide bonds. The van der Waals surface area contributed by atoms with Crippen molar-refractivity contribution < 1.29 is 81.2 Å². The minimum absolute atomic E-state index is 0. The number of carbonyl (C=O) groups excluding carboxylic acids is 1. The molecule has 17 nitrogen and oxygen atoms in total. The number of benzene rings is 5. The number of nitrogens with two attached hydrogens (primary N) is 2. The summed E-state index contributed by atoms with van der Waals surface area (Å²) in [5.41, 5.74) is 15.9. The number of para-hydroxylation sites is 1. The average molecular weight is 1250 g/mol. The number of fused-ring (bicyclic) bond motifs is 4. The Morgan fingerprint density at radius 1 is 0.625 bits per heavy atom. The van der Waals surface area contributed by atoms with Gasteiger partial charge in [0.1, 0.15) is 16.9 Å². The molecule has 1 unspecified atom stereocenters. The van der Waals surface area contributed by atoms with Gasteiger partial charge in [-0.3, -0.25) is 11.2 Å². The Balaban J connectivity index is 0.000000217. The number of thiazole rings is 4. The van der Waals surface area contributed by atoms with Gasteiger partial charge in [0, 0.05) is 11.4 Å². The van der Waals surface area contributed by atoms with Crippen LogP contribution in [0.2, 0.25) is 0 Å². The second kappa shape index (κ2) is 26.3. The highest BCUT2D eigenvalue weighted by molar-refractivity contribution is 7.56. The number of nitrogens with zero attached hydrogens (tertiary/aromatic N) is 6. The first kappa shape index (κ1) is 65.3. The van der Waals surface area contributed by atoms with Gasteiger partial charge >= 0.3 is 44.3 Å². The van der Waals surface area contributed by atoms with E-state index in [1.807, 2.05) is 6.07 Å². The topological polar surface area (TPSA) is 268 Å². The van der Waals surface area contributed by atoms with Gasteiger partial charge in [0.05, 0.1) is 58.8 Å². The van der Waals surface area contributed by atoms with Crippen molar-refractivity contribution in [3.8, 4) is 5.75 Å². The number of nitrogens with one attached hydrogen (secondary N) is 3. The lowest BCUT2D eigenvalue weighted by molar-refractivity contribution is -0.138. The van der Waals surface area contributed by atoms with Gasteiger partial charge in [0.15, 0.2) is 20.0 Å². The first-order valence-corrected chi connectivity index (χ1v) is 26.6. The van der Waals surface area contributed by atoms with Crippen molar-refractivity contribution in [1.82, 2.24) is 24.8 Å². The number of nitrogen functional groups attached to an aromatic ring is 2. The van der Waals surface area contributed by atoms with Crippen LogP contribution in [-0.4, -0.2) is 49.4 Å². The Hall–Kier alpha value is -7.25. The van der Waals surface area contributed by atoms with Crippen molar-refractivity contribution in [2.24, 2.45) is 10.7 Å². The van der Waals surface area contributed by atoms with Crippen LogP contribution in [0.25, 0.3) is 40.9 Å². The largest absolute Gasteiger partial charge is 0.478 e. The third kappa shape index (κ3) is 19.5. The summed E-state index contributed by atoms with van der Waals surface area (Å²) in [7, 11) is -3.14. The monoisotopic (exact) mass is 1250 g/mol. The third-order valence-electron chi connectivity index (χ3n) is 8.83. The molecule has 428 valence electrons. The number of halogens is 13. The standard InChI is InChI=1S/C13H13F3N2O2S.C9H4F3NO2S.C8H6F3N3S.C8H5F3N2S.C7H9N3O2P.ClH/c1-12(2,3)20-11(19)17-7-4-5-8-9(6-7)21-10(18-8)13(14,15)16;10-9(11,12)8-13-5-2-1-4(7(14)15)3-6(5)16-8;9-8(10,11)7-13-5-2-1-4(14-12)3-6(5)15-7;9-8(10,11)7-13-5-2-1-4(12)3-6(5)14-7;1-13(11,10-9-8)12-7-5-3-2-4-6-7;/h4-6H,1-3H3,(H,17,19);1-3H,(H,14,15);1-3,14H,12H2;1-3H,12H2;2-6,8H,1H3;1H/q;;;;+1;. The zero-order valence-corrected chi connectivity index (χ0v) is 45.6. The number of rotatable bonds is 6. The lowest BCUT2D eigenvalue weighted by Gasteiger charge is -2.19. The Labute approximate surface area is 464 Å². The molecular weight excluding hydrogens is 1210 g/mol.